The minimum atomic E-state index is -2.94. The van der Waals surface area contributed by atoms with E-state index in [4.69, 9.17) is 0 Å². The summed E-state index contributed by atoms with van der Waals surface area (Å²) < 4.78 is 22.9. The van der Waals surface area contributed by atoms with E-state index in [0.717, 1.165) is 12.8 Å². The number of sulfone groups is 1. The summed E-state index contributed by atoms with van der Waals surface area (Å²) >= 11 is 0. The number of carbonyl (C=O) groups excluding carboxylic acids is 1. The van der Waals surface area contributed by atoms with Gasteiger partial charge in [-0.1, -0.05) is 18.2 Å². The summed E-state index contributed by atoms with van der Waals surface area (Å²) in [4.78, 5) is 16.4. The van der Waals surface area contributed by atoms with Gasteiger partial charge in [-0.2, -0.15) is 0 Å². The number of benzene rings is 1. The maximum atomic E-state index is 12.4. The molecule has 3 rings (SSSR count). The van der Waals surface area contributed by atoms with E-state index in [1.54, 1.807) is 4.90 Å². The minimum Gasteiger partial charge on any atom is -0.368 e. The highest BCUT2D eigenvalue weighted by atomic mass is 32.2. The standard InChI is InChI=1S/C17H24N2O3S/c1-14-6-7-15-4-2-3-5-16(15)19(14)9-8-17(20)18-10-12-23(21,22)13-11-18/h2-5,14H,6-13H2,1H3/t14-/m0/s1. The van der Waals surface area contributed by atoms with Crippen molar-refractivity contribution in [3.63, 3.8) is 0 Å². The number of nitrogens with zero attached hydrogens (tertiary/aromatic N) is 2. The molecule has 0 N–H and O–H groups in total. The minimum absolute atomic E-state index is 0.0650. The summed E-state index contributed by atoms with van der Waals surface area (Å²) in [6.45, 7) is 3.58. The fraction of sp³-hybridized carbons (Fsp3) is 0.588. The van der Waals surface area contributed by atoms with Crippen molar-refractivity contribution in [2.75, 3.05) is 36.0 Å². The summed E-state index contributed by atoms with van der Waals surface area (Å²) in [5.74, 6) is 0.263. The Balaban J connectivity index is 1.61. The van der Waals surface area contributed by atoms with Crippen LogP contribution in [-0.4, -0.2) is 56.4 Å². The summed E-state index contributed by atoms with van der Waals surface area (Å²) in [6.07, 6.45) is 2.64. The van der Waals surface area contributed by atoms with Crippen LogP contribution in [0, 0.1) is 0 Å². The molecular formula is C17H24N2O3S. The van der Waals surface area contributed by atoms with Crippen LogP contribution < -0.4 is 4.90 Å². The molecule has 126 valence electrons. The van der Waals surface area contributed by atoms with Crippen molar-refractivity contribution in [2.45, 2.75) is 32.2 Å². The zero-order valence-electron chi connectivity index (χ0n) is 13.6. The van der Waals surface area contributed by atoms with Gasteiger partial charge in [0.25, 0.3) is 0 Å². The molecule has 1 aromatic carbocycles. The maximum Gasteiger partial charge on any atom is 0.224 e. The molecule has 2 heterocycles. The average molecular weight is 336 g/mol. The number of carbonyl (C=O) groups is 1. The Morgan fingerprint density at radius 3 is 2.65 bits per heavy atom. The summed E-state index contributed by atoms with van der Waals surface area (Å²) in [7, 11) is -2.94. The van der Waals surface area contributed by atoms with E-state index >= 15 is 0 Å². The van der Waals surface area contributed by atoms with Crippen LogP contribution in [0.15, 0.2) is 24.3 Å². The van der Waals surface area contributed by atoms with Gasteiger partial charge in [0.2, 0.25) is 5.91 Å². The topological polar surface area (TPSA) is 57.7 Å². The predicted octanol–water partition coefficient (Wildman–Crippen LogP) is 1.47. The molecule has 1 atom stereocenters. The zero-order chi connectivity index (χ0) is 16.4. The lowest BCUT2D eigenvalue weighted by molar-refractivity contribution is -0.130. The predicted molar refractivity (Wildman–Crippen MR) is 91.4 cm³/mol. The van der Waals surface area contributed by atoms with E-state index in [-0.39, 0.29) is 17.4 Å². The summed E-state index contributed by atoms with van der Waals surface area (Å²) in [6, 6.07) is 8.82. The SMILES string of the molecule is C[C@H]1CCc2ccccc2N1CCC(=O)N1CCS(=O)(=O)CC1. The molecule has 2 aliphatic heterocycles. The first-order chi connectivity index (χ1) is 11.0. The fourth-order valence-corrected chi connectivity index (χ4v) is 4.64. The van der Waals surface area contributed by atoms with Crippen LogP contribution in [0.3, 0.4) is 0 Å². The largest absolute Gasteiger partial charge is 0.368 e. The first-order valence-electron chi connectivity index (χ1n) is 8.29. The number of rotatable bonds is 3. The first-order valence-corrected chi connectivity index (χ1v) is 10.1. The third-order valence-corrected chi connectivity index (χ3v) is 6.54. The van der Waals surface area contributed by atoms with Gasteiger partial charge in [-0.25, -0.2) is 8.42 Å². The first kappa shape index (κ1) is 16.3. The van der Waals surface area contributed by atoms with Crippen molar-refractivity contribution in [2.24, 2.45) is 0 Å². The van der Waals surface area contributed by atoms with Gasteiger partial charge in [-0.05, 0) is 31.4 Å². The molecule has 1 amide bonds. The number of fused-ring (bicyclic) bond motifs is 1. The molecule has 0 aliphatic carbocycles. The molecule has 1 aromatic rings. The quantitative estimate of drug-likeness (QED) is 0.839. The number of amides is 1. The Kier molecular flexibility index (Phi) is 4.62. The highest BCUT2D eigenvalue weighted by molar-refractivity contribution is 7.91. The number of para-hydroxylation sites is 1. The van der Waals surface area contributed by atoms with Gasteiger partial charge in [0.1, 0.15) is 0 Å². The summed E-state index contributed by atoms with van der Waals surface area (Å²) in [5.41, 5.74) is 2.59. The van der Waals surface area contributed by atoms with Crippen molar-refractivity contribution < 1.29 is 13.2 Å². The molecule has 0 spiro atoms. The number of hydrogen-bond acceptors (Lipinski definition) is 4. The molecule has 1 fully saturated rings. The Morgan fingerprint density at radius 2 is 1.91 bits per heavy atom. The molecular weight excluding hydrogens is 312 g/mol. The fourth-order valence-electron chi connectivity index (χ4n) is 3.44. The van der Waals surface area contributed by atoms with E-state index in [0.29, 0.717) is 32.1 Å². The molecule has 2 aliphatic rings. The number of hydrogen-bond donors (Lipinski definition) is 0. The van der Waals surface area contributed by atoms with E-state index < -0.39 is 9.84 Å². The van der Waals surface area contributed by atoms with Crippen LogP contribution in [0.2, 0.25) is 0 Å². The van der Waals surface area contributed by atoms with Gasteiger partial charge in [-0.3, -0.25) is 4.79 Å². The third kappa shape index (κ3) is 3.68. The van der Waals surface area contributed by atoms with Crippen LogP contribution >= 0.6 is 0 Å². The lowest BCUT2D eigenvalue weighted by atomic mass is 9.96. The van der Waals surface area contributed by atoms with Crippen molar-refractivity contribution >= 4 is 21.4 Å². The van der Waals surface area contributed by atoms with Gasteiger partial charge in [0.15, 0.2) is 9.84 Å². The van der Waals surface area contributed by atoms with Gasteiger partial charge >= 0.3 is 0 Å². The Hall–Kier alpha value is -1.56. The Morgan fingerprint density at radius 1 is 1.22 bits per heavy atom. The van der Waals surface area contributed by atoms with Crippen molar-refractivity contribution in [1.29, 1.82) is 0 Å². The van der Waals surface area contributed by atoms with Crippen LogP contribution in [0.25, 0.3) is 0 Å². The molecule has 0 bridgehead atoms. The second-order valence-electron chi connectivity index (χ2n) is 6.49. The molecule has 0 radical (unpaired) electrons. The van der Waals surface area contributed by atoms with Crippen molar-refractivity contribution in [3.05, 3.63) is 29.8 Å². The Labute approximate surface area is 138 Å². The summed E-state index contributed by atoms with van der Waals surface area (Å²) in [5, 5.41) is 0. The van der Waals surface area contributed by atoms with E-state index in [1.807, 2.05) is 6.07 Å². The molecule has 0 aromatic heterocycles. The van der Waals surface area contributed by atoms with Crippen LogP contribution in [0.4, 0.5) is 5.69 Å². The molecule has 1 saturated heterocycles. The van der Waals surface area contributed by atoms with Crippen LogP contribution in [0.1, 0.15) is 25.3 Å². The zero-order valence-corrected chi connectivity index (χ0v) is 14.4. The van der Waals surface area contributed by atoms with Crippen LogP contribution in [0.5, 0.6) is 0 Å². The molecule has 0 saturated carbocycles. The van der Waals surface area contributed by atoms with Crippen molar-refractivity contribution in [1.82, 2.24) is 4.90 Å². The lowest BCUT2D eigenvalue weighted by Gasteiger charge is -2.37. The van der Waals surface area contributed by atoms with Gasteiger partial charge in [0, 0.05) is 37.8 Å². The lowest BCUT2D eigenvalue weighted by Crippen LogP contribution is -2.45. The smallest absolute Gasteiger partial charge is 0.224 e. The van der Waals surface area contributed by atoms with E-state index in [1.165, 1.54) is 11.3 Å². The Bertz CT molecular complexity index is 673. The number of anilines is 1. The second-order valence-corrected chi connectivity index (χ2v) is 8.80. The monoisotopic (exact) mass is 336 g/mol. The third-order valence-electron chi connectivity index (χ3n) is 4.93. The normalized spacial score (nSPS) is 23.4. The van der Waals surface area contributed by atoms with E-state index in [2.05, 4.69) is 30.0 Å². The van der Waals surface area contributed by atoms with Gasteiger partial charge in [-0.15, -0.1) is 0 Å². The molecule has 5 nitrogen and oxygen atoms in total. The van der Waals surface area contributed by atoms with E-state index in [9.17, 15) is 13.2 Å². The van der Waals surface area contributed by atoms with Crippen molar-refractivity contribution in [3.8, 4) is 0 Å². The molecule has 0 unspecified atom stereocenters. The van der Waals surface area contributed by atoms with Crippen LogP contribution in [-0.2, 0) is 21.1 Å². The second kappa shape index (κ2) is 6.51. The maximum absolute atomic E-state index is 12.4. The van der Waals surface area contributed by atoms with Gasteiger partial charge in [0.05, 0.1) is 11.5 Å². The molecule has 6 heteroatoms. The highest BCUT2D eigenvalue weighted by Gasteiger charge is 2.27. The number of aryl methyl sites for hydroxylation is 1. The molecule has 23 heavy (non-hydrogen) atoms. The highest BCUT2D eigenvalue weighted by Crippen LogP contribution is 2.30. The van der Waals surface area contributed by atoms with Gasteiger partial charge < -0.3 is 9.80 Å². The average Bonchev–Trinajstić information content (AvgIpc) is 2.53.